The Morgan fingerprint density at radius 1 is 1.24 bits per heavy atom. The molecule has 3 aromatic heterocycles. The summed E-state index contributed by atoms with van der Waals surface area (Å²) in [4.78, 5) is 15.9. The molecule has 0 N–H and O–H groups in total. The number of benzene rings is 1. The molecule has 0 aliphatic carbocycles. The van der Waals surface area contributed by atoms with Crippen LogP contribution in [0, 0.1) is 13.8 Å². The van der Waals surface area contributed by atoms with E-state index in [0.717, 1.165) is 22.1 Å². The fourth-order valence-corrected chi connectivity index (χ4v) is 3.25. The van der Waals surface area contributed by atoms with Gasteiger partial charge in [-0.05, 0) is 43.0 Å². The van der Waals surface area contributed by atoms with Crippen molar-refractivity contribution in [2.45, 2.75) is 20.5 Å². The van der Waals surface area contributed by atoms with Crippen molar-refractivity contribution in [3.63, 3.8) is 0 Å². The summed E-state index contributed by atoms with van der Waals surface area (Å²) in [5.41, 5.74) is 2.71. The Labute approximate surface area is 146 Å². The fourth-order valence-electron chi connectivity index (χ4n) is 2.62. The number of rotatable bonds is 4. The molecule has 0 fully saturated rings. The van der Waals surface area contributed by atoms with Crippen molar-refractivity contribution in [1.29, 1.82) is 0 Å². The fraction of sp³-hybridized carbons (Fsp3) is 0.167. The van der Waals surface area contributed by atoms with Crippen LogP contribution in [0.25, 0.3) is 22.4 Å². The number of aromatic nitrogens is 2. The number of hydrogen-bond acceptors (Lipinski definition) is 7. The lowest BCUT2D eigenvalue weighted by atomic mass is 10.1. The van der Waals surface area contributed by atoms with E-state index >= 15 is 0 Å². The van der Waals surface area contributed by atoms with E-state index < -0.39 is 0 Å². The first-order valence-electron chi connectivity index (χ1n) is 7.64. The highest BCUT2D eigenvalue weighted by atomic mass is 32.1. The molecule has 0 unspecified atom stereocenters. The van der Waals surface area contributed by atoms with Crippen LogP contribution in [-0.2, 0) is 6.61 Å². The molecule has 0 radical (unpaired) electrons. The molecular formula is C18H14N2O4S. The molecule has 0 aliphatic rings. The van der Waals surface area contributed by atoms with Gasteiger partial charge in [0, 0.05) is 28.0 Å². The zero-order chi connectivity index (χ0) is 17.4. The lowest BCUT2D eigenvalue weighted by Gasteiger charge is -2.09. The summed E-state index contributed by atoms with van der Waals surface area (Å²) in [5.74, 6) is 1.53. The largest absolute Gasteiger partial charge is 0.483 e. The molecule has 4 rings (SSSR count). The van der Waals surface area contributed by atoms with Crippen LogP contribution in [0.1, 0.15) is 17.0 Å². The van der Waals surface area contributed by atoms with Gasteiger partial charge in [-0.2, -0.15) is 16.3 Å². The second-order valence-corrected chi connectivity index (χ2v) is 6.41. The standard InChI is InChI=1S/C18H14N2O4S/c1-10-7-16(21)23-17-11(2)14(4-3-13(10)17)22-8-15-19-18(20-24-15)12-5-6-25-9-12/h3-7,9H,8H2,1-2H3. The quantitative estimate of drug-likeness (QED) is 0.513. The molecule has 6 nitrogen and oxygen atoms in total. The summed E-state index contributed by atoms with van der Waals surface area (Å²) in [6, 6.07) is 7.13. The summed E-state index contributed by atoms with van der Waals surface area (Å²) >= 11 is 1.57. The Kier molecular flexibility index (Phi) is 3.85. The third-order valence-corrected chi connectivity index (χ3v) is 4.60. The number of aryl methyl sites for hydroxylation is 2. The maximum Gasteiger partial charge on any atom is 0.336 e. The third-order valence-electron chi connectivity index (χ3n) is 3.92. The molecule has 0 atom stereocenters. The number of ether oxygens (including phenoxy) is 1. The summed E-state index contributed by atoms with van der Waals surface area (Å²) in [5, 5.41) is 8.74. The van der Waals surface area contributed by atoms with Gasteiger partial charge in [0.15, 0.2) is 6.61 Å². The number of fused-ring (bicyclic) bond motifs is 1. The highest BCUT2D eigenvalue weighted by molar-refractivity contribution is 7.08. The van der Waals surface area contributed by atoms with Crippen molar-refractivity contribution in [2.75, 3.05) is 0 Å². The van der Waals surface area contributed by atoms with Crippen LogP contribution in [0.3, 0.4) is 0 Å². The SMILES string of the molecule is Cc1cc(=O)oc2c(C)c(OCc3nc(-c4ccsc4)no3)ccc12. The van der Waals surface area contributed by atoms with E-state index in [1.807, 2.05) is 42.8 Å². The highest BCUT2D eigenvalue weighted by Crippen LogP contribution is 2.28. The van der Waals surface area contributed by atoms with Gasteiger partial charge in [0.2, 0.25) is 5.82 Å². The summed E-state index contributed by atoms with van der Waals surface area (Å²) < 4.78 is 16.3. The van der Waals surface area contributed by atoms with Gasteiger partial charge in [0.25, 0.3) is 5.89 Å². The van der Waals surface area contributed by atoms with Crippen LogP contribution in [0.15, 0.2) is 48.8 Å². The van der Waals surface area contributed by atoms with Gasteiger partial charge in [0.05, 0.1) is 0 Å². The minimum absolute atomic E-state index is 0.138. The maximum absolute atomic E-state index is 11.6. The molecule has 126 valence electrons. The Bertz CT molecular complexity index is 1100. The van der Waals surface area contributed by atoms with Crippen LogP contribution in [0.4, 0.5) is 0 Å². The second-order valence-electron chi connectivity index (χ2n) is 5.63. The van der Waals surface area contributed by atoms with Crippen LogP contribution in [0.2, 0.25) is 0 Å². The number of nitrogens with zero attached hydrogens (tertiary/aromatic N) is 2. The molecule has 0 amide bonds. The molecule has 7 heteroatoms. The smallest absolute Gasteiger partial charge is 0.336 e. The average molecular weight is 354 g/mol. The predicted molar refractivity (Wildman–Crippen MR) is 93.9 cm³/mol. The third kappa shape index (κ3) is 2.94. The summed E-state index contributed by atoms with van der Waals surface area (Å²) in [7, 11) is 0. The zero-order valence-corrected chi connectivity index (χ0v) is 14.4. The normalized spacial score (nSPS) is 11.1. The topological polar surface area (TPSA) is 78.4 Å². The predicted octanol–water partition coefficient (Wildman–Crippen LogP) is 4.10. The molecule has 4 aromatic rings. The molecule has 0 saturated heterocycles. The van der Waals surface area contributed by atoms with Crippen LogP contribution >= 0.6 is 11.3 Å². The minimum atomic E-state index is -0.373. The first-order valence-corrected chi connectivity index (χ1v) is 8.58. The van der Waals surface area contributed by atoms with Crippen LogP contribution < -0.4 is 10.4 Å². The lowest BCUT2D eigenvalue weighted by Crippen LogP contribution is -2.01. The molecule has 0 spiro atoms. The Morgan fingerprint density at radius 2 is 2.12 bits per heavy atom. The highest BCUT2D eigenvalue weighted by Gasteiger charge is 2.13. The van der Waals surface area contributed by atoms with Gasteiger partial charge >= 0.3 is 5.63 Å². The van der Waals surface area contributed by atoms with Crippen molar-refractivity contribution in [1.82, 2.24) is 10.1 Å². The van der Waals surface area contributed by atoms with Gasteiger partial charge < -0.3 is 13.7 Å². The summed E-state index contributed by atoms with van der Waals surface area (Å²) in [6.45, 7) is 3.87. The monoisotopic (exact) mass is 354 g/mol. The summed E-state index contributed by atoms with van der Waals surface area (Å²) in [6.07, 6.45) is 0. The first-order chi connectivity index (χ1) is 12.1. The van der Waals surface area contributed by atoms with Crippen molar-refractivity contribution in [3.05, 3.63) is 62.5 Å². The van der Waals surface area contributed by atoms with E-state index in [4.69, 9.17) is 13.7 Å². The van der Waals surface area contributed by atoms with Gasteiger partial charge in [-0.25, -0.2) is 4.79 Å². The Morgan fingerprint density at radius 3 is 2.92 bits per heavy atom. The molecular weight excluding hydrogens is 340 g/mol. The van der Waals surface area contributed by atoms with Gasteiger partial charge in [-0.15, -0.1) is 0 Å². The molecule has 0 aliphatic heterocycles. The van der Waals surface area contributed by atoms with Crippen molar-refractivity contribution in [3.8, 4) is 17.1 Å². The zero-order valence-electron chi connectivity index (χ0n) is 13.6. The lowest BCUT2D eigenvalue weighted by molar-refractivity contribution is 0.241. The van der Waals surface area contributed by atoms with Crippen LogP contribution in [-0.4, -0.2) is 10.1 Å². The van der Waals surface area contributed by atoms with E-state index in [0.29, 0.717) is 23.0 Å². The molecule has 0 bridgehead atoms. The number of hydrogen-bond donors (Lipinski definition) is 0. The van der Waals surface area contributed by atoms with Gasteiger partial charge in [-0.1, -0.05) is 5.16 Å². The minimum Gasteiger partial charge on any atom is -0.483 e. The van der Waals surface area contributed by atoms with E-state index in [1.165, 1.54) is 6.07 Å². The molecule has 1 aromatic carbocycles. The molecule has 0 saturated carbocycles. The van der Waals surface area contributed by atoms with Crippen molar-refractivity contribution in [2.24, 2.45) is 0 Å². The van der Waals surface area contributed by atoms with Gasteiger partial charge in [0.1, 0.15) is 11.3 Å². The van der Waals surface area contributed by atoms with E-state index in [-0.39, 0.29) is 12.2 Å². The Hall–Kier alpha value is -2.93. The second kappa shape index (κ2) is 6.18. The number of thiophene rings is 1. The van der Waals surface area contributed by atoms with Crippen LogP contribution in [0.5, 0.6) is 5.75 Å². The van der Waals surface area contributed by atoms with Crippen molar-refractivity contribution < 1.29 is 13.7 Å². The molecule has 3 heterocycles. The maximum atomic E-state index is 11.6. The van der Waals surface area contributed by atoms with Crippen molar-refractivity contribution >= 4 is 22.3 Å². The Balaban J connectivity index is 1.59. The van der Waals surface area contributed by atoms with Gasteiger partial charge in [-0.3, -0.25) is 0 Å². The van der Waals surface area contributed by atoms with E-state index in [1.54, 1.807) is 11.3 Å². The van der Waals surface area contributed by atoms with E-state index in [9.17, 15) is 4.79 Å². The average Bonchev–Trinajstić information content (AvgIpc) is 3.26. The molecule has 25 heavy (non-hydrogen) atoms. The first kappa shape index (κ1) is 15.6. The van der Waals surface area contributed by atoms with E-state index in [2.05, 4.69) is 10.1 Å².